The summed E-state index contributed by atoms with van der Waals surface area (Å²) >= 11 is 0. The van der Waals surface area contributed by atoms with Crippen LogP contribution in [0.1, 0.15) is 43.6 Å². The van der Waals surface area contributed by atoms with Crippen LogP contribution in [0.15, 0.2) is 30.3 Å². The van der Waals surface area contributed by atoms with E-state index in [0.717, 1.165) is 6.07 Å². The highest BCUT2D eigenvalue weighted by molar-refractivity contribution is 5.33. The van der Waals surface area contributed by atoms with Crippen molar-refractivity contribution in [3.63, 3.8) is 0 Å². The third-order valence-corrected chi connectivity index (χ3v) is 3.87. The summed E-state index contributed by atoms with van der Waals surface area (Å²) in [4.78, 5) is 7.22. The van der Waals surface area contributed by atoms with Gasteiger partial charge in [-0.2, -0.15) is 14.4 Å². The van der Waals surface area contributed by atoms with Crippen LogP contribution >= 0.6 is 0 Å². The molecule has 0 saturated heterocycles. The molecule has 3 rings (SSSR count). The zero-order chi connectivity index (χ0) is 14.7. The van der Waals surface area contributed by atoms with Crippen molar-refractivity contribution in [3.05, 3.63) is 41.8 Å². The predicted molar refractivity (Wildman–Crippen MR) is 78.7 cm³/mol. The maximum absolute atomic E-state index is 13.1. The first-order valence-corrected chi connectivity index (χ1v) is 7.28. The van der Waals surface area contributed by atoms with Gasteiger partial charge in [-0.25, -0.2) is 0 Å². The molecule has 0 spiro atoms. The number of rotatable bonds is 3. The minimum Gasteiger partial charge on any atom is -0.439 e. The number of nitrogens with two attached hydrogens (primary N) is 1. The molecule has 5 heteroatoms. The van der Waals surface area contributed by atoms with E-state index in [9.17, 15) is 4.39 Å². The smallest absolute Gasteiger partial charge is 0.227 e. The zero-order valence-electron chi connectivity index (χ0n) is 11.8. The Kier molecular flexibility index (Phi) is 3.99. The molecule has 110 valence electrons. The van der Waals surface area contributed by atoms with Crippen molar-refractivity contribution in [2.24, 2.45) is 0 Å². The van der Waals surface area contributed by atoms with Crippen LogP contribution in [-0.2, 0) is 0 Å². The van der Waals surface area contributed by atoms with Crippen LogP contribution in [0.3, 0.4) is 0 Å². The lowest BCUT2D eigenvalue weighted by Gasteiger charge is -2.22. The lowest BCUT2D eigenvalue weighted by atomic mass is 9.84. The molecule has 1 aromatic carbocycles. The highest BCUT2D eigenvalue weighted by Gasteiger charge is 2.15. The van der Waals surface area contributed by atoms with Gasteiger partial charge >= 0.3 is 0 Å². The molecular formula is C16H18FN3O. The van der Waals surface area contributed by atoms with Crippen molar-refractivity contribution in [3.8, 4) is 11.6 Å². The second kappa shape index (κ2) is 6.08. The van der Waals surface area contributed by atoms with Gasteiger partial charge in [0.2, 0.25) is 17.8 Å². The molecule has 1 aliphatic rings. The molecule has 1 heterocycles. The molecule has 1 fully saturated rings. The maximum Gasteiger partial charge on any atom is 0.227 e. The minimum atomic E-state index is -0.698. The molecule has 0 bridgehead atoms. The molecule has 21 heavy (non-hydrogen) atoms. The SMILES string of the molecule is Nc1nc(F)cc(Oc2ccc(C3CCCCC3)cc2)n1. The molecule has 0 aliphatic heterocycles. The summed E-state index contributed by atoms with van der Waals surface area (Å²) in [5.74, 6) is 0.553. The summed E-state index contributed by atoms with van der Waals surface area (Å²) < 4.78 is 18.6. The van der Waals surface area contributed by atoms with Gasteiger partial charge in [0.05, 0.1) is 6.07 Å². The average Bonchev–Trinajstić information content (AvgIpc) is 2.48. The first-order valence-electron chi connectivity index (χ1n) is 7.28. The van der Waals surface area contributed by atoms with E-state index >= 15 is 0 Å². The molecule has 4 nitrogen and oxygen atoms in total. The fourth-order valence-electron chi connectivity index (χ4n) is 2.83. The minimum absolute atomic E-state index is 0.116. The standard InChI is InChI=1S/C16H18FN3O/c17-14-10-15(20-16(18)19-14)21-13-8-6-12(7-9-13)11-4-2-1-3-5-11/h6-11H,1-5H2,(H2,18,19,20). The van der Waals surface area contributed by atoms with Gasteiger partial charge in [0.1, 0.15) is 5.75 Å². The van der Waals surface area contributed by atoms with Crippen molar-refractivity contribution in [1.82, 2.24) is 9.97 Å². The number of anilines is 1. The molecule has 0 unspecified atom stereocenters. The Hall–Kier alpha value is -2.17. The normalized spacial score (nSPS) is 15.9. The monoisotopic (exact) mass is 287 g/mol. The summed E-state index contributed by atoms with van der Waals surface area (Å²) in [6, 6.07) is 9.05. The van der Waals surface area contributed by atoms with E-state index in [-0.39, 0.29) is 11.8 Å². The lowest BCUT2D eigenvalue weighted by molar-refractivity contribution is 0.440. The molecule has 1 aromatic heterocycles. The van der Waals surface area contributed by atoms with E-state index in [1.807, 2.05) is 12.1 Å². The van der Waals surface area contributed by atoms with Crippen LogP contribution in [0, 0.1) is 5.95 Å². The van der Waals surface area contributed by atoms with Gasteiger partial charge < -0.3 is 10.5 Å². The highest BCUT2D eigenvalue weighted by Crippen LogP contribution is 2.33. The number of nitrogens with zero attached hydrogens (tertiary/aromatic N) is 2. The first-order chi connectivity index (χ1) is 10.2. The first kappa shape index (κ1) is 13.8. The van der Waals surface area contributed by atoms with Crippen LogP contribution in [0.5, 0.6) is 11.6 Å². The number of ether oxygens (including phenoxy) is 1. The van der Waals surface area contributed by atoms with Crippen molar-refractivity contribution in [2.45, 2.75) is 38.0 Å². The summed E-state index contributed by atoms with van der Waals surface area (Å²) in [5, 5.41) is 0. The summed E-state index contributed by atoms with van der Waals surface area (Å²) in [6.45, 7) is 0. The topological polar surface area (TPSA) is 61.0 Å². The van der Waals surface area contributed by atoms with Crippen LogP contribution in [0.25, 0.3) is 0 Å². The van der Waals surface area contributed by atoms with Gasteiger partial charge in [-0.05, 0) is 36.5 Å². The van der Waals surface area contributed by atoms with Gasteiger partial charge in [0, 0.05) is 0 Å². The summed E-state index contributed by atoms with van der Waals surface area (Å²) in [7, 11) is 0. The van der Waals surface area contributed by atoms with E-state index in [4.69, 9.17) is 10.5 Å². The Labute approximate surface area is 123 Å². The fraction of sp³-hybridized carbons (Fsp3) is 0.375. The predicted octanol–water partition coefficient (Wildman–Crippen LogP) is 4.04. The van der Waals surface area contributed by atoms with E-state index in [2.05, 4.69) is 22.1 Å². The van der Waals surface area contributed by atoms with Gasteiger partial charge in [0.25, 0.3) is 0 Å². The Morgan fingerprint density at radius 1 is 1.05 bits per heavy atom. The molecule has 1 aliphatic carbocycles. The van der Waals surface area contributed by atoms with Crippen molar-refractivity contribution < 1.29 is 9.13 Å². The van der Waals surface area contributed by atoms with Gasteiger partial charge in [-0.15, -0.1) is 0 Å². The Bertz CT molecular complexity index is 589. The molecule has 2 N–H and O–H groups in total. The quantitative estimate of drug-likeness (QED) is 0.865. The zero-order valence-corrected chi connectivity index (χ0v) is 11.8. The van der Waals surface area contributed by atoms with Gasteiger partial charge in [-0.3, -0.25) is 0 Å². The largest absolute Gasteiger partial charge is 0.439 e. The molecule has 2 aromatic rings. The average molecular weight is 287 g/mol. The third-order valence-electron chi connectivity index (χ3n) is 3.87. The number of hydrogen-bond acceptors (Lipinski definition) is 4. The second-order valence-corrected chi connectivity index (χ2v) is 5.39. The Morgan fingerprint density at radius 2 is 1.76 bits per heavy atom. The maximum atomic E-state index is 13.1. The molecule has 0 amide bonds. The van der Waals surface area contributed by atoms with Crippen LogP contribution in [0.4, 0.5) is 10.3 Å². The number of halogens is 1. The Balaban J connectivity index is 1.71. The molecule has 0 radical (unpaired) electrons. The number of nitrogen functional groups attached to an aromatic ring is 1. The van der Waals surface area contributed by atoms with Crippen LogP contribution in [0.2, 0.25) is 0 Å². The number of hydrogen-bond donors (Lipinski definition) is 1. The van der Waals surface area contributed by atoms with Gasteiger partial charge in [-0.1, -0.05) is 31.4 Å². The highest BCUT2D eigenvalue weighted by atomic mass is 19.1. The van der Waals surface area contributed by atoms with E-state index in [1.54, 1.807) is 0 Å². The number of benzene rings is 1. The van der Waals surface area contributed by atoms with Gasteiger partial charge in [0.15, 0.2) is 0 Å². The molecule has 1 saturated carbocycles. The Morgan fingerprint density at radius 3 is 2.43 bits per heavy atom. The van der Waals surface area contributed by atoms with E-state index in [1.165, 1.54) is 37.7 Å². The molecular weight excluding hydrogens is 269 g/mol. The summed E-state index contributed by atoms with van der Waals surface area (Å²) in [5.41, 5.74) is 6.74. The molecule has 0 atom stereocenters. The third kappa shape index (κ3) is 3.48. The number of aromatic nitrogens is 2. The van der Waals surface area contributed by atoms with Crippen molar-refractivity contribution >= 4 is 5.95 Å². The summed E-state index contributed by atoms with van der Waals surface area (Å²) in [6.07, 6.45) is 6.48. The van der Waals surface area contributed by atoms with Crippen LogP contribution in [-0.4, -0.2) is 9.97 Å². The fourth-order valence-corrected chi connectivity index (χ4v) is 2.83. The van der Waals surface area contributed by atoms with Crippen molar-refractivity contribution in [2.75, 3.05) is 5.73 Å². The van der Waals surface area contributed by atoms with E-state index in [0.29, 0.717) is 11.7 Å². The van der Waals surface area contributed by atoms with Crippen molar-refractivity contribution in [1.29, 1.82) is 0 Å². The van der Waals surface area contributed by atoms with Crippen LogP contribution < -0.4 is 10.5 Å². The second-order valence-electron chi connectivity index (χ2n) is 5.39. The lowest BCUT2D eigenvalue weighted by Crippen LogP contribution is -2.04. The van der Waals surface area contributed by atoms with E-state index < -0.39 is 5.95 Å².